The van der Waals surface area contributed by atoms with Gasteiger partial charge in [-0.2, -0.15) is 0 Å². The van der Waals surface area contributed by atoms with Crippen molar-refractivity contribution in [1.29, 1.82) is 0 Å². The summed E-state index contributed by atoms with van der Waals surface area (Å²) in [6, 6.07) is 1.98. The number of hydrogen-bond acceptors (Lipinski definition) is 2. The topological polar surface area (TPSA) is 38.9 Å². The van der Waals surface area contributed by atoms with Gasteiger partial charge in [0, 0.05) is 17.1 Å². The quantitative estimate of drug-likeness (QED) is 0.814. The molecule has 11 heavy (non-hydrogen) atoms. The molecule has 1 aromatic rings. The SMILES string of the molecule is Cc1ccnc(CCN)c1Br. The first kappa shape index (κ1) is 8.68. The number of pyridine rings is 1. The van der Waals surface area contributed by atoms with E-state index in [1.807, 2.05) is 19.2 Å². The van der Waals surface area contributed by atoms with Gasteiger partial charge in [0.05, 0.1) is 5.69 Å². The van der Waals surface area contributed by atoms with E-state index in [-0.39, 0.29) is 0 Å². The molecule has 3 heteroatoms. The van der Waals surface area contributed by atoms with Crippen molar-refractivity contribution in [3.8, 4) is 0 Å². The maximum Gasteiger partial charge on any atom is 0.0560 e. The van der Waals surface area contributed by atoms with Crippen LogP contribution in [0.1, 0.15) is 11.3 Å². The average Bonchev–Trinajstić information content (AvgIpc) is 1.99. The number of nitrogens with zero attached hydrogens (tertiary/aromatic N) is 1. The third-order valence-electron chi connectivity index (χ3n) is 1.54. The molecule has 1 rings (SSSR count). The van der Waals surface area contributed by atoms with E-state index in [2.05, 4.69) is 20.9 Å². The van der Waals surface area contributed by atoms with Crippen molar-refractivity contribution >= 4 is 15.9 Å². The molecule has 0 unspecified atom stereocenters. The minimum atomic E-state index is 0.648. The van der Waals surface area contributed by atoms with Crippen LogP contribution in [0, 0.1) is 6.92 Å². The Labute approximate surface area is 75.0 Å². The van der Waals surface area contributed by atoms with Crippen LogP contribution in [0.5, 0.6) is 0 Å². The van der Waals surface area contributed by atoms with Crippen LogP contribution in [-0.2, 0) is 6.42 Å². The maximum atomic E-state index is 5.42. The Morgan fingerprint density at radius 2 is 2.36 bits per heavy atom. The van der Waals surface area contributed by atoms with E-state index in [1.54, 1.807) is 0 Å². The summed E-state index contributed by atoms with van der Waals surface area (Å²) in [4.78, 5) is 4.20. The number of aryl methyl sites for hydroxylation is 1. The molecule has 0 saturated carbocycles. The molecule has 0 aliphatic carbocycles. The molecule has 0 radical (unpaired) electrons. The monoisotopic (exact) mass is 214 g/mol. The zero-order valence-electron chi connectivity index (χ0n) is 6.47. The summed E-state index contributed by atoms with van der Waals surface area (Å²) in [6.07, 6.45) is 2.65. The summed E-state index contributed by atoms with van der Waals surface area (Å²) >= 11 is 3.46. The molecular weight excluding hydrogens is 204 g/mol. The van der Waals surface area contributed by atoms with E-state index in [0.717, 1.165) is 16.6 Å². The Kier molecular flexibility index (Phi) is 3.02. The van der Waals surface area contributed by atoms with Gasteiger partial charge in [0.15, 0.2) is 0 Å². The van der Waals surface area contributed by atoms with Crippen LogP contribution in [0.15, 0.2) is 16.7 Å². The number of nitrogens with two attached hydrogens (primary N) is 1. The van der Waals surface area contributed by atoms with Gasteiger partial charge in [-0.15, -0.1) is 0 Å². The van der Waals surface area contributed by atoms with Gasteiger partial charge in [-0.05, 0) is 41.0 Å². The summed E-state index contributed by atoms with van der Waals surface area (Å²) < 4.78 is 1.09. The van der Waals surface area contributed by atoms with E-state index in [0.29, 0.717) is 6.54 Å². The van der Waals surface area contributed by atoms with Crippen molar-refractivity contribution in [1.82, 2.24) is 4.98 Å². The van der Waals surface area contributed by atoms with Crippen LogP contribution >= 0.6 is 15.9 Å². The molecule has 0 bridgehead atoms. The molecule has 0 spiro atoms. The number of aromatic nitrogens is 1. The fourth-order valence-corrected chi connectivity index (χ4v) is 1.34. The van der Waals surface area contributed by atoms with Gasteiger partial charge in [-0.3, -0.25) is 4.98 Å². The zero-order chi connectivity index (χ0) is 8.27. The molecule has 0 fully saturated rings. The van der Waals surface area contributed by atoms with Crippen LogP contribution in [0.3, 0.4) is 0 Å². The molecule has 1 heterocycles. The highest BCUT2D eigenvalue weighted by molar-refractivity contribution is 9.10. The highest BCUT2D eigenvalue weighted by atomic mass is 79.9. The minimum absolute atomic E-state index is 0.648. The van der Waals surface area contributed by atoms with Gasteiger partial charge in [0.25, 0.3) is 0 Å². The molecule has 1 aromatic heterocycles. The summed E-state index contributed by atoms with van der Waals surface area (Å²) in [5.41, 5.74) is 7.68. The normalized spacial score (nSPS) is 10.1. The molecule has 2 N–H and O–H groups in total. The van der Waals surface area contributed by atoms with E-state index >= 15 is 0 Å². The Morgan fingerprint density at radius 3 is 3.00 bits per heavy atom. The fraction of sp³-hybridized carbons (Fsp3) is 0.375. The summed E-state index contributed by atoms with van der Waals surface area (Å²) in [5, 5.41) is 0. The van der Waals surface area contributed by atoms with Gasteiger partial charge >= 0.3 is 0 Å². The van der Waals surface area contributed by atoms with Crippen molar-refractivity contribution in [2.24, 2.45) is 5.73 Å². The lowest BCUT2D eigenvalue weighted by atomic mass is 10.2. The largest absolute Gasteiger partial charge is 0.330 e. The molecule has 0 saturated heterocycles. The lowest BCUT2D eigenvalue weighted by Gasteiger charge is -2.03. The van der Waals surface area contributed by atoms with Crippen molar-refractivity contribution in [3.05, 3.63) is 28.0 Å². The predicted molar refractivity (Wildman–Crippen MR) is 49.4 cm³/mol. The first-order chi connectivity index (χ1) is 5.25. The van der Waals surface area contributed by atoms with E-state index in [9.17, 15) is 0 Å². The van der Waals surface area contributed by atoms with Crippen LogP contribution in [0.4, 0.5) is 0 Å². The molecule has 0 aliphatic rings. The van der Waals surface area contributed by atoms with E-state index in [4.69, 9.17) is 5.73 Å². The summed E-state index contributed by atoms with van der Waals surface area (Å²) in [7, 11) is 0. The molecule has 0 aliphatic heterocycles. The van der Waals surface area contributed by atoms with Crippen molar-refractivity contribution in [2.75, 3.05) is 6.54 Å². The second kappa shape index (κ2) is 3.83. The Hall–Kier alpha value is -0.410. The number of rotatable bonds is 2. The van der Waals surface area contributed by atoms with Crippen molar-refractivity contribution in [3.63, 3.8) is 0 Å². The maximum absolute atomic E-state index is 5.42. The standard InChI is InChI=1S/C8H11BrN2/c1-6-3-5-11-7(2-4-10)8(6)9/h3,5H,2,4,10H2,1H3. The van der Waals surface area contributed by atoms with Gasteiger partial charge in [0.2, 0.25) is 0 Å². The third kappa shape index (κ3) is 2.01. The number of halogens is 1. The predicted octanol–water partition coefficient (Wildman–Crippen LogP) is 1.65. The van der Waals surface area contributed by atoms with Gasteiger partial charge in [0.1, 0.15) is 0 Å². The Morgan fingerprint density at radius 1 is 1.64 bits per heavy atom. The van der Waals surface area contributed by atoms with E-state index < -0.39 is 0 Å². The highest BCUT2D eigenvalue weighted by Gasteiger charge is 2.01. The molecule has 60 valence electrons. The van der Waals surface area contributed by atoms with Crippen molar-refractivity contribution < 1.29 is 0 Å². The lowest BCUT2D eigenvalue weighted by Crippen LogP contribution is -2.05. The lowest BCUT2D eigenvalue weighted by molar-refractivity contribution is 0.912. The average molecular weight is 215 g/mol. The fourth-order valence-electron chi connectivity index (χ4n) is 0.907. The summed E-state index contributed by atoms with van der Waals surface area (Å²) in [5.74, 6) is 0. The van der Waals surface area contributed by atoms with Gasteiger partial charge in [-0.1, -0.05) is 0 Å². The molecule has 0 aromatic carbocycles. The highest BCUT2D eigenvalue weighted by Crippen LogP contribution is 2.18. The zero-order valence-corrected chi connectivity index (χ0v) is 8.06. The van der Waals surface area contributed by atoms with Crippen LogP contribution in [0.25, 0.3) is 0 Å². The number of hydrogen-bond donors (Lipinski definition) is 1. The molecule has 2 nitrogen and oxygen atoms in total. The second-order valence-electron chi connectivity index (χ2n) is 2.43. The molecule has 0 atom stereocenters. The van der Waals surface area contributed by atoms with Gasteiger partial charge in [-0.25, -0.2) is 0 Å². The molecular formula is C8H11BrN2. The smallest absolute Gasteiger partial charge is 0.0560 e. The van der Waals surface area contributed by atoms with Crippen LogP contribution in [0.2, 0.25) is 0 Å². The van der Waals surface area contributed by atoms with E-state index in [1.165, 1.54) is 5.56 Å². The first-order valence-corrected chi connectivity index (χ1v) is 4.35. The second-order valence-corrected chi connectivity index (χ2v) is 3.22. The van der Waals surface area contributed by atoms with Gasteiger partial charge < -0.3 is 5.73 Å². The van der Waals surface area contributed by atoms with Crippen LogP contribution < -0.4 is 5.73 Å². The Balaban J connectivity index is 2.96. The van der Waals surface area contributed by atoms with Crippen LogP contribution in [-0.4, -0.2) is 11.5 Å². The Bertz CT molecular complexity index is 248. The van der Waals surface area contributed by atoms with Crippen molar-refractivity contribution in [2.45, 2.75) is 13.3 Å². The third-order valence-corrected chi connectivity index (χ3v) is 2.62. The summed E-state index contributed by atoms with van der Waals surface area (Å²) in [6.45, 7) is 2.70. The minimum Gasteiger partial charge on any atom is -0.330 e. The molecule has 0 amide bonds. The first-order valence-electron chi connectivity index (χ1n) is 3.55.